The van der Waals surface area contributed by atoms with Crippen molar-refractivity contribution < 1.29 is 4.74 Å². The molecule has 1 aromatic carbocycles. The van der Waals surface area contributed by atoms with Gasteiger partial charge in [0.25, 0.3) is 0 Å². The van der Waals surface area contributed by atoms with Crippen LogP contribution >= 0.6 is 0 Å². The first-order chi connectivity index (χ1) is 7.90. The molecular weight excluding hydrogens is 196 g/mol. The average molecular weight is 218 g/mol. The van der Waals surface area contributed by atoms with Crippen LogP contribution in [0.25, 0.3) is 0 Å². The van der Waals surface area contributed by atoms with Crippen LogP contribution in [-0.4, -0.2) is 6.61 Å². The Hall–Kier alpha value is -0.820. The Morgan fingerprint density at radius 2 is 1.75 bits per heavy atom. The number of benzene rings is 1. The van der Waals surface area contributed by atoms with Crippen LogP contribution in [0.15, 0.2) is 24.3 Å². The summed E-state index contributed by atoms with van der Waals surface area (Å²) in [6.45, 7) is 3.18. The summed E-state index contributed by atoms with van der Waals surface area (Å²) in [5.74, 6) is 0. The van der Waals surface area contributed by atoms with Gasteiger partial charge in [-0.05, 0) is 24.0 Å². The molecule has 1 fully saturated rings. The van der Waals surface area contributed by atoms with Crippen molar-refractivity contribution in [2.24, 2.45) is 0 Å². The number of rotatable bonds is 7. The van der Waals surface area contributed by atoms with Gasteiger partial charge in [0, 0.05) is 0 Å². The number of hydrogen-bond donors (Lipinski definition) is 0. The molecule has 1 aliphatic rings. The second-order valence-electron chi connectivity index (χ2n) is 4.73. The quantitative estimate of drug-likeness (QED) is 0.492. The molecule has 1 heterocycles. The molecule has 1 saturated heterocycles. The highest BCUT2D eigenvalue weighted by molar-refractivity contribution is 5.26. The minimum Gasteiger partial charge on any atom is -0.368 e. The van der Waals surface area contributed by atoms with Gasteiger partial charge in [-0.1, -0.05) is 56.9 Å². The van der Waals surface area contributed by atoms with Crippen molar-refractivity contribution >= 4 is 0 Å². The Balaban J connectivity index is 1.68. The summed E-state index contributed by atoms with van der Waals surface area (Å²) in [5, 5.41) is 0. The minimum atomic E-state index is 0.401. The normalized spacial score (nSPS) is 18.7. The molecule has 0 saturated carbocycles. The van der Waals surface area contributed by atoms with E-state index in [9.17, 15) is 0 Å². The van der Waals surface area contributed by atoms with Crippen LogP contribution in [0, 0.1) is 0 Å². The Morgan fingerprint density at radius 3 is 2.38 bits per heavy atom. The summed E-state index contributed by atoms with van der Waals surface area (Å²) in [4.78, 5) is 0. The van der Waals surface area contributed by atoms with E-state index >= 15 is 0 Å². The van der Waals surface area contributed by atoms with Gasteiger partial charge < -0.3 is 4.74 Å². The summed E-state index contributed by atoms with van der Waals surface area (Å²) >= 11 is 0. The van der Waals surface area contributed by atoms with E-state index in [-0.39, 0.29) is 0 Å². The van der Waals surface area contributed by atoms with Crippen LogP contribution in [0.1, 0.15) is 56.3 Å². The van der Waals surface area contributed by atoms with Gasteiger partial charge in [0.1, 0.15) is 6.10 Å². The summed E-state index contributed by atoms with van der Waals surface area (Å²) in [5.41, 5.74) is 2.82. The lowest BCUT2D eigenvalue weighted by molar-refractivity contribution is 0.415. The van der Waals surface area contributed by atoms with Crippen LogP contribution in [0.5, 0.6) is 0 Å². The maximum absolute atomic E-state index is 5.26. The van der Waals surface area contributed by atoms with E-state index in [1.165, 1.54) is 49.7 Å². The van der Waals surface area contributed by atoms with Gasteiger partial charge in [-0.15, -0.1) is 0 Å². The van der Waals surface area contributed by atoms with Gasteiger partial charge in [-0.25, -0.2) is 0 Å². The molecule has 0 spiro atoms. The summed E-state index contributed by atoms with van der Waals surface area (Å²) in [6.07, 6.45) is 8.45. The van der Waals surface area contributed by atoms with Crippen molar-refractivity contribution in [1.82, 2.24) is 0 Å². The molecule has 1 aliphatic heterocycles. The van der Waals surface area contributed by atoms with Crippen molar-refractivity contribution in [3.05, 3.63) is 35.4 Å². The molecule has 2 rings (SSSR count). The molecule has 88 valence electrons. The van der Waals surface area contributed by atoms with E-state index in [1.54, 1.807) is 0 Å². The number of epoxide rings is 1. The lowest BCUT2D eigenvalue weighted by Gasteiger charge is -2.02. The number of ether oxygens (including phenoxy) is 1. The van der Waals surface area contributed by atoms with Crippen molar-refractivity contribution in [1.29, 1.82) is 0 Å². The van der Waals surface area contributed by atoms with E-state index in [1.807, 2.05) is 0 Å². The third-order valence-electron chi connectivity index (χ3n) is 3.25. The molecular formula is C15H22O. The fourth-order valence-corrected chi connectivity index (χ4v) is 2.07. The summed E-state index contributed by atoms with van der Waals surface area (Å²) < 4.78 is 5.26. The predicted molar refractivity (Wildman–Crippen MR) is 67.6 cm³/mol. The lowest BCUT2D eigenvalue weighted by atomic mass is 10.0. The van der Waals surface area contributed by atoms with E-state index < -0.39 is 0 Å². The molecule has 0 N–H and O–H groups in total. The van der Waals surface area contributed by atoms with Crippen molar-refractivity contribution in [2.45, 2.75) is 51.6 Å². The lowest BCUT2D eigenvalue weighted by Crippen LogP contribution is -1.87. The standard InChI is InChI=1S/C15H22O/c1-2-3-4-5-6-7-13-8-10-14(11-9-13)15-12-16-15/h8-11,15H,2-7,12H2,1H3. The minimum absolute atomic E-state index is 0.401. The van der Waals surface area contributed by atoms with E-state index in [4.69, 9.17) is 4.74 Å². The third-order valence-corrected chi connectivity index (χ3v) is 3.25. The summed E-state index contributed by atoms with van der Waals surface area (Å²) in [6, 6.07) is 8.96. The van der Waals surface area contributed by atoms with Crippen LogP contribution in [0.2, 0.25) is 0 Å². The van der Waals surface area contributed by atoms with Gasteiger partial charge in [0.05, 0.1) is 6.61 Å². The Kier molecular flexibility index (Phi) is 4.41. The summed E-state index contributed by atoms with van der Waals surface area (Å²) in [7, 11) is 0. The highest BCUT2D eigenvalue weighted by Crippen LogP contribution is 2.29. The van der Waals surface area contributed by atoms with Crippen LogP contribution in [0.4, 0.5) is 0 Å². The Labute approximate surface area is 98.8 Å². The second kappa shape index (κ2) is 6.05. The van der Waals surface area contributed by atoms with Crippen molar-refractivity contribution in [3.63, 3.8) is 0 Å². The molecule has 0 radical (unpaired) electrons. The Morgan fingerprint density at radius 1 is 1.06 bits per heavy atom. The molecule has 16 heavy (non-hydrogen) atoms. The molecule has 0 amide bonds. The Bertz CT molecular complexity index is 298. The predicted octanol–water partition coefficient (Wildman–Crippen LogP) is 4.27. The zero-order chi connectivity index (χ0) is 11.2. The smallest absolute Gasteiger partial charge is 0.106 e. The fraction of sp³-hybridized carbons (Fsp3) is 0.600. The van der Waals surface area contributed by atoms with Gasteiger partial charge >= 0.3 is 0 Å². The fourth-order valence-electron chi connectivity index (χ4n) is 2.07. The highest BCUT2D eigenvalue weighted by Gasteiger charge is 2.23. The first-order valence-corrected chi connectivity index (χ1v) is 6.60. The van der Waals surface area contributed by atoms with Crippen molar-refractivity contribution in [3.8, 4) is 0 Å². The van der Waals surface area contributed by atoms with E-state index in [0.717, 1.165) is 6.61 Å². The molecule has 1 nitrogen and oxygen atoms in total. The largest absolute Gasteiger partial charge is 0.368 e. The average Bonchev–Trinajstić information content (AvgIpc) is 3.14. The SMILES string of the molecule is CCCCCCCc1ccc(C2CO2)cc1. The second-order valence-corrected chi connectivity index (χ2v) is 4.73. The van der Waals surface area contributed by atoms with Crippen molar-refractivity contribution in [2.75, 3.05) is 6.61 Å². The zero-order valence-corrected chi connectivity index (χ0v) is 10.2. The third kappa shape index (κ3) is 3.64. The zero-order valence-electron chi connectivity index (χ0n) is 10.2. The molecule has 0 aromatic heterocycles. The molecule has 1 unspecified atom stereocenters. The molecule has 1 heteroatoms. The van der Waals surface area contributed by atoms with Gasteiger partial charge in [0.15, 0.2) is 0 Å². The maximum atomic E-state index is 5.26. The molecule has 0 aliphatic carbocycles. The highest BCUT2D eigenvalue weighted by atomic mass is 16.6. The first-order valence-electron chi connectivity index (χ1n) is 6.60. The van der Waals surface area contributed by atoms with Gasteiger partial charge in [-0.2, -0.15) is 0 Å². The molecule has 0 bridgehead atoms. The van der Waals surface area contributed by atoms with E-state index in [0.29, 0.717) is 6.10 Å². The van der Waals surface area contributed by atoms with Crippen LogP contribution < -0.4 is 0 Å². The maximum Gasteiger partial charge on any atom is 0.106 e. The number of aryl methyl sites for hydroxylation is 1. The first kappa shape index (κ1) is 11.7. The van der Waals surface area contributed by atoms with Crippen LogP contribution in [0.3, 0.4) is 0 Å². The van der Waals surface area contributed by atoms with Gasteiger partial charge in [-0.3, -0.25) is 0 Å². The monoisotopic (exact) mass is 218 g/mol. The van der Waals surface area contributed by atoms with Gasteiger partial charge in [0.2, 0.25) is 0 Å². The van der Waals surface area contributed by atoms with Crippen LogP contribution in [-0.2, 0) is 11.2 Å². The number of unbranched alkanes of at least 4 members (excludes halogenated alkanes) is 4. The number of hydrogen-bond acceptors (Lipinski definition) is 1. The molecule has 1 atom stereocenters. The van der Waals surface area contributed by atoms with E-state index in [2.05, 4.69) is 31.2 Å². The topological polar surface area (TPSA) is 12.5 Å². The molecule has 1 aromatic rings.